The van der Waals surface area contributed by atoms with Gasteiger partial charge >= 0.3 is 0 Å². The van der Waals surface area contributed by atoms with Crippen LogP contribution >= 0.6 is 0 Å². The van der Waals surface area contributed by atoms with E-state index in [1.807, 2.05) is 0 Å². The number of ether oxygens (including phenoxy) is 1. The van der Waals surface area contributed by atoms with E-state index in [0.717, 1.165) is 11.8 Å². The SMILES string of the molecule is CC1CCC2OC3C[C@@]24C(C2=C3C(C)(C)c3cccc5[nH]cc2c35)[C@@H](C)CC[C@@]14C. The molecule has 2 heterocycles. The van der Waals surface area contributed by atoms with Crippen LogP contribution in [0, 0.1) is 28.6 Å². The number of rotatable bonds is 0. The summed E-state index contributed by atoms with van der Waals surface area (Å²) < 4.78 is 7.10. The second-order valence-electron chi connectivity index (χ2n) is 12.1. The highest BCUT2D eigenvalue weighted by atomic mass is 16.5. The van der Waals surface area contributed by atoms with Gasteiger partial charge in [-0.2, -0.15) is 0 Å². The lowest BCUT2D eigenvalue weighted by atomic mass is 9.37. The normalized spacial score (nSPS) is 45.4. The summed E-state index contributed by atoms with van der Waals surface area (Å²) in [6.07, 6.45) is 9.65. The molecule has 2 saturated carbocycles. The molecule has 30 heavy (non-hydrogen) atoms. The summed E-state index contributed by atoms with van der Waals surface area (Å²) in [6, 6.07) is 6.86. The molecule has 2 heteroatoms. The predicted octanol–water partition coefficient (Wildman–Crippen LogP) is 6.85. The van der Waals surface area contributed by atoms with Gasteiger partial charge in [0.1, 0.15) is 0 Å². The smallest absolute Gasteiger partial charge is 0.0810 e. The van der Waals surface area contributed by atoms with Gasteiger partial charge in [0.15, 0.2) is 0 Å². The quantitative estimate of drug-likeness (QED) is 0.513. The van der Waals surface area contributed by atoms with Crippen LogP contribution in [0.1, 0.15) is 77.8 Å². The highest BCUT2D eigenvalue weighted by Gasteiger charge is 2.71. The number of hydrogen-bond donors (Lipinski definition) is 1. The molecule has 1 spiro atoms. The fourth-order valence-electron chi connectivity index (χ4n) is 9.44. The molecule has 1 aromatic carbocycles. The third kappa shape index (κ3) is 1.70. The summed E-state index contributed by atoms with van der Waals surface area (Å²) in [7, 11) is 0. The Morgan fingerprint density at radius 1 is 1.07 bits per heavy atom. The number of H-pyrrole nitrogens is 1. The summed E-state index contributed by atoms with van der Waals surface area (Å²) in [5, 5.41) is 1.49. The largest absolute Gasteiger partial charge is 0.370 e. The molecule has 4 unspecified atom stereocenters. The molecule has 158 valence electrons. The van der Waals surface area contributed by atoms with Gasteiger partial charge in [0.2, 0.25) is 0 Å². The maximum absolute atomic E-state index is 7.10. The molecule has 1 aromatic heterocycles. The molecule has 7 rings (SSSR count). The standard InChI is InChI=1S/C28H35NO/c1-15-11-12-27(5)16(2)9-10-21-28(27)13-20(30-21)25-23(24(15)28)17-14-29-19-8-6-7-18(22(17)19)26(25,3)4/h6-8,14-16,20-21,24,29H,9-13H2,1-5H3/t15-,16?,20?,21?,24?,27-,28-/m0/s1. The lowest BCUT2D eigenvalue weighted by Gasteiger charge is -2.65. The Balaban J connectivity index is 1.58. The molecule has 1 N–H and O–H groups in total. The van der Waals surface area contributed by atoms with Gasteiger partial charge in [-0.05, 0) is 78.0 Å². The van der Waals surface area contributed by atoms with Crippen molar-refractivity contribution in [2.45, 2.75) is 84.3 Å². The van der Waals surface area contributed by atoms with Crippen LogP contribution in [0.4, 0.5) is 0 Å². The maximum atomic E-state index is 7.10. The van der Waals surface area contributed by atoms with Crippen molar-refractivity contribution in [1.82, 2.24) is 4.98 Å². The van der Waals surface area contributed by atoms with Crippen molar-refractivity contribution in [3.05, 3.63) is 41.1 Å². The topological polar surface area (TPSA) is 25.0 Å². The molecule has 5 aliphatic rings. The molecule has 3 fully saturated rings. The minimum Gasteiger partial charge on any atom is -0.370 e. The minimum atomic E-state index is 0.0307. The molecule has 0 amide bonds. The molecular formula is C28H35NO. The van der Waals surface area contributed by atoms with Crippen molar-refractivity contribution in [2.24, 2.45) is 28.6 Å². The van der Waals surface area contributed by atoms with Crippen LogP contribution in [0.25, 0.3) is 16.5 Å². The van der Waals surface area contributed by atoms with Crippen LogP contribution in [0.15, 0.2) is 30.0 Å². The summed E-state index contributed by atoms with van der Waals surface area (Å²) in [4.78, 5) is 3.64. The van der Waals surface area contributed by atoms with Gasteiger partial charge in [-0.3, -0.25) is 0 Å². The van der Waals surface area contributed by atoms with Crippen LogP contribution in [0.5, 0.6) is 0 Å². The first kappa shape index (κ1) is 18.1. The van der Waals surface area contributed by atoms with E-state index in [4.69, 9.17) is 4.74 Å². The number of nitrogens with one attached hydrogen (secondary N) is 1. The maximum Gasteiger partial charge on any atom is 0.0810 e. The molecule has 2 aromatic rings. The van der Waals surface area contributed by atoms with Crippen molar-refractivity contribution in [1.29, 1.82) is 0 Å². The molecule has 7 atom stereocenters. The summed E-state index contributed by atoms with van der Waals surface area (Å²) in [6.45, 7) is 12.7. The molecule has 2 nitrogen and oxygen atoms in total. The van der Waals surface area contributed by atoms with Crippen LogP contribution in [0.2, 0.25) is 0 Å². The van der Waals surface area contributed by atoms with E-state index >= 15 is 0 Å². The zero-order chi connectivity index (χ0) is 20.6. The van der Waals surface area contributed by atoms with Gasteiger partial charge in [0, 0.05) is 33.5 Å². The van der Waals surface area contributed by atoms with E-state index in [0.29, 0.717) is 29.0 Å². The molecule has 2 bridgehead atoms. The van der Waals surface area contributed by atoms with E-state index in [9.17, 15) is 0 Å². The van der Waals surface area contributed by atoms with E-state index < -0.39 is 0 Å². The highest BCUT2D eigenvalue weighted by molar-refractivity contribution is 6.01. The van der Waals surface area contributed by atoms with Crippen LogP contribution < -0.4 is 0 Å². The molecule has 1 aliphatic heterocycles. The number of aromatic nitrogens is 1. The minimum absolute atomic E-state index is 0.0307. The second-order valence-corrected chi connectivity index (χ2v) is 12.1. The Morgan fingerprint density at radius 3 is 2.73 bits per heavy atom. The first-order chi connectivity index (χ1) is 14.3. The van der Waals surface area contributed by atoms with Crippen molar-refractivity contribution < 1.29 is 4.74 Å². The van der Waals surface area contributed by atoms with Gasteiger partial charge in [0.05, 0.1) is 12.2 Å². The van der Waals surface area contributed by atoms with Crippen LogP contribution in [-0.4, -0.2) is 17.2 Å². The van der Waals surface area contributed by atoms with Crippen LogP contribution in [0.3, 0.4) is 0 Å². The number of aromatic amines is 1. The Hall–Kier alpha value is -1.54. The molecule has 4 aliphatic carbocycles. The van der Waals surface area contributed by atoms with Gasteiger partial charge in [-0.1, -0.05) is 46.8 Å². The Kier molecular flexibility index (Phi) is 3.17. The summed E-state index contributed by atoms with van der Waals surface area (Å²) in [5.41, 5.74) is 8.36. The fraction of sp³-hybridized carbons (Fsp3) is 0.643. The summed E-state index contributed by atoms with van der Waals surface area (Å²) >= 11 is 0. The van der Waals surface area contributed by atoms with E-state index in [1.54, 1.807) is 11.1 Å². The Morgan fingerprint density at radius 2 is 1.90 bits per heavy atom. The fourth-order valence-corrected chi connectivity index (χ4v) is 9.44. The average molecular weight is 402 g/mol. The second kappa shape index (κ2) is 5.26. The van der Waals surface area contributed by atoms with Gasteiger partial charge in [-0.15, -0.1) is 0 Å². The lowest BCUT2D eigenvalue weighted by Crippen LogP contribution is -2.61. The first-order valence-electron chi connectivity index (χ1n) is 12.3. The third-order valence-electron chi connectivity index (χ3n) is 10.9. The van der Waals surface area contributed by atoms with Gasteiger partial charge in [0.25, 0.3) is 0 Å². The van der Waals surface area contributed by atoms with E-state index in [2.05, 4.69) is 64.0 Å². The summed E-state index contributed by atoms with van der Waals surface area (Å²) in [5.74, 6) is 2.15. The predicted molar refractivity (Wildman–Crippen MR) is 122 cm³/mol. The Bertz CT molecular complexity index is 1120. The van der Waals surface area contributed by atoms with Crippen molar-refractivity contribution in [3.63, 3.8) is 0 Å². The number of fused-ring (bicyclic) bond motifs is 4. The van der Waals surface area contributed by atoms with Gasteiger partial charge < -0.3 is 9.72 Å². The van der Waals surface area contributed by atoms with E-state index in [1.165, 1.54) is 54.1 Å². The van der Waals surface area contributed by atoms with Crippen molar-refractivity contribution >= 4 is 16.5 Å². The zero-order valence-electron chi connectivity index (χ0n) is 19.1. The molecule has 0 radical (unpaired) electrons. The van der Waals surface area contributed by atoms with E-state index in [-0.39, 0.29) is 5.41 Å². The zero-order valence-corrected chi connectivity index (χ0v) is 19.1. The number of hydrogen-bond acceptors (Lipinski definition) is 1. The van der Waals surface area contributed by atoms with Crippen molar-refractivity contribution in [3.8, 4) is 0 Å². The molecular weight excluding hydrogens is 366 g/mol. The monoisotopic (exact) mass is 401 g/mol. The number of benzene rings is 1. The third-order valence-corrected chi connectivity index (χ3v) is 10.9. The lowest BCUT2D eigenvalue weighted by molar-refractivity contribution is -0.158. The first-order valence-corrected chi connectivity index (χ1v) is 12.3. The van der Waals surface area contributed by atoms with Crippen molar-refractivity contribution in [2.75, 3.05) is 0 Å². The van der Waals surface area contributed by atoms with Gasteiger partial charge in [-0.25, -0.2) is 0 Å². The van der Waals surface area contributed by atoms with Crippen LogP contribution in [-0.2, 0) is 10.2 Å². The highest BCUT2D eigenvalue weighted by Crippen LogP contribution is 2.75. The Labute approximate surface area is 180 Å². The number of allylic oxidation sites excluding steroid dienone is 1. The average Bonchev–Trinajstić information content (AvgIpc) is 3.28. The molecule has 1 saturated heterocycles.